The molecule has 0 radical (unpaired) electrons. The minimum absolute atomic E-state index is 0.0743. The molecule has 1 rings (SSSR count). The van der Waals surface area contributed by atoms with Crippen LogP contribution >= 0.6 is 15.9 Å². The zero-order valence-electron chi connectivity index (χ0n) is 8.94. The SMILES string of the molecule is Cc1cc([N+](=O)[O-])cc(C=CCCBr)c1N. The molecule has 5 heteroatoms. The monoisotopic (exact) mass is 284 g/mol. The summed E-state index contributed by atoms with van der Waals surface area (Å²) in [5, 5.41) is 11.5. The molecule has 0 saturated carbocycles. The van der Waals surface area contributed by atoms with Crippen LogP contribution in [-0.4, -0.2) is 10.3 Å². The van der Waals surface area contributed by atoms with E-state index in [1.165, 1.54) is 12.1 Å². The van der Waals surface area contributed by atoms with Crippen molar-refractivity contribution in [3.8, 4) is 0 Å². The van der Waals surface area contributed by atoms with E-state index in [-0.39, 0.29) is 5.69 Å². The van der Waals surface area contributed by atoms with E-state index in [0.29, 0.717) is 11.3 Å². The van der Waals surface area contributed by atoms with Gasteiger partial charge in [-0.2, -0.15) is 0 Å². The van der Waals surface area contributed by atoms with Gasteiger partial charge in [-0.25, -0.2) is 0 Å². The Bertz CT molecular complexity index is 430. The number of rotatable bonds is 4. The Hall–Kier alpha value is -1.36. The van der Waals surface area contributed by atoms with Gasteiger partial charge in [0.2, 0.25) is 0 Å². The summed E-state index contributed by atoms with van der Waals surface area (Å²) in [7, 11) is 0. The summed E-state index contributed by atoms with van der Waals surface area (Å²) in [5.41, 5.74) is 7.95. The third kappa shape index (κ3) is 3.06. The molecular weight excluding hydrogens is 272 g/mol. The van der Waals surface area contributed by atoms with Crippen LogP contribution in [0, 0.1) is 17.0 Å². The number of non-ortho nitro benzene ring substituents is 1. The van der Waals surface area contributed by atoms with Crippen molar-refractivity contribution in [2.45, 2.75) is 13.3 Å². The number of nitro groups is 1. The highest BCUT2D eigenvalue weighted by molar-refractivity contribution is 9.09. The van der Waals surface area contributed by atoms with Gasteiger partial charge in [0.15, 0.2) is 0 Å². The number of nitrogens with zero attached hydrogens (tertiary/aromatic N) is 1. The van der Waals surface area contributed by atoms with E-state index in [0.717, 1.165) is 17.3 Å². The van der Waals surface area contributed by atoms with Crippen LogP contribution in [0.4, 0.5) is 11.4 Å². The third-order valence-corrected chi connectivity index (χ3v) is 2.65. The van der Waals surface area contributed by atoms with Gasteiger partial charge in [-0.3, -0.25) is 10.1 Å². The number of alkyl halides is 1. The molecule has 4 nitrogen and oxygen atoms in total. The lowest BCUT2D eigenvalue weighted by atomic mass is 10.1. The van der Waals surface area contributed by atoms with Crippen molar-refractivity contribution in [3.05, 3.63) is 39.4 Å². The molecule has 16 heavy (non-hydrogen) atoms. The number of hydrogen-bond donors (Lipinski definition) is 1. The Morgan fingerprint density at radius 2 is 2.25 bits per heavy atom. The molecule has 0 aliphatic rings. The van der Waals surface area contributed by atoms with Gasteiger partial charge in [-0.05, 0) is 18.9 Å². The highest BCUT2D eigenvalue weighted by atomic mass is 79.9. The van der Waals surface area contributed by atoms with Crippen molar-refractivity contribution in [3.63, 3.8) is 0 Å². The van der Waals surface area contributed by atoms with Crippen LogP contribution in [0.3, 0.4) is 0 Å². The number of benzene rings is 1. The van der Waals surface area contributed by atoms with Crippen molar-refractivity contribution >= 4 is 33.4 Å². The van der Waals surface area contributed by atoms with Crippen LogP contribution in [0.2, 0.25) is 0 Å². The number of nitrogen functional groups attached to an aromatic ring is 1. The molecule has 1 aromatic rings. The molecule has 0 bridgehead atoms. The Kier molecular flexibility index (Phi) is 4.49. The van der Waals surface area contributed by atoms with Crippen molar-refractivity contribution in [2.75, 3.05) is 11.1 Å². The second-order valence-electron chi connectivity index (χ2n) is 3.40. The molecule has 0 unspecified atom stereocenters. The molecule has 0 aliphatic carbocycles. The fraction of sp³-hybridized carbons (Fsp3) is 0.273. The molecule has 0 amide bonds. The van der Waals surface area contributed by atoms with Gasteiger partial charge in [-0.15, -0.1) is 0 Å². The lowest BCUT2D eigenvalue weighted by Crippen LogP contribution is -1.96. The average Bonchev–Trinajstić information content (AvgIpc) is 2.24. The Morgan fingerprint density at radius 3 is 2.81 bits per heavy atom. The first kappa shape index (κ1) is 12.7. The number of aryl methyl sites for hydroxylation is 1. The fourth-order valence-electron chi connectivity index (χ4n) is 1.32. The molecule has 1 aromatic carbocycles. The first-order valence-corrected chi connectivity index (χ1v) is 5.95. The van der Waals surface area contributed by atoms with Gasteiger partial charge in [0, 0.05) is 28.7 Å². The quantitative estimate of drug-likeness (QED) is 0.399. The highest BCUT2D eigenvalue weighted by Crippen LogP contribution is 2.25. The van der Waals surface area contributed by atoms with Crippen LogP contribution in [0.25, 0.3) is 6.08 Å². The molecule has 0 atom stereocenters. The zero-order chi connectivity index (χ0) is 12.1. The molecule has 0 spiro atoms. The predicted octanol–water partition coefficient (Wildman–Crippen LogP) is 3.28. The van der Waals surface area contributed by atoms with Crippen LogP contribution in [0.15, 0.2) is 18.2 Å². The summed E-state index contributed by atoms with van der Waals surface area (Å²) < 4.78 is 0. The normalized spacial score (nSPS) is 10.9. The molecule has 0 heterocycles. The maximum absolute atomic E-state index is 10.7. The second kappa shape index (κ2) is 5.65. The summed E-state index contributed by atoms with van der Waals surface area (Å²) in [6.07, 6.45) is 4.61. The first-order valence-electron chi connectivity index (χ1n) is 4.83. The van der Waals surface area contributed by atoms with Gasteiger partial charge >= 0.3 is 0 Å². The summed E-state index contributed by atoms with van der Waals surface area (Å²) >= 11 is 3.30. The van der Waals surface area contributed by atoms with E-state index in [9.17, 15) is 10.1 Å². The maximum Gasteiger partial charge on any atom is 0.270 e. The standard InChI is InChI=1S/C11H13BrN2O2/c1-8-6-10(14(15)16)7-9(11(8)13)4-2-3-5-12/h2,4,6-7H,3,5,13H2,1H3. The summed E-state index contributed by atoms with van der Waals surface area (Å²) in [5.74, 6) is 0. The molecule has 86 valence electrons. The Labute approximate surface area is 102 Å². The van der Waals surface area contributed by atoms with Crippen molar-refractivity contribution in [1.82, 2.24) is 0 Å². The maximum atomic E-state index is 10.7. The van der Waals surface area contributed by atoms with Crippen LogP contribution in [0.5, 0.6) is 0 Å². The number of anilines is 1. The van der Waals surface area contributed by atoms with Gasteiger partial charge in [0.1, 0.15) is 0 Å². The van der Waals surface area contributed by atoms with Crippen molar-refractivity contribution < 1.29 is 4.92 Å². The third-order valence-electron chi connectivity index (χ3n) is 2.19. The summed E-state index contributed by atoms with van der Waals surface area (Å²) in [6, 6.07) is 2.98. The second-order valence-corrected chi connectivity index (χ2v) is 4.20. The number of nitro benzene ring substituents is 1. The van der Waals surface area contributed by atoms with E-state index in [1.54, 1.807) is 6.92 Å². The molecule has 2 N–H and O–H groups in total. The van der Waals surface area contributed by atoms with Gasteiger partial charge in [0.25, 0.3) is 5.69 Å². The largest absolute Gasteiger partial charge is 0.398 e. The lowest BCUT2D eigenvalue weighted by Gasteiger charge is -2.04. The van der Waals surface area contributed by atoms with Crippen LogP contribution in [-0.2, 0) is 0 Å². The zero-order valence-corrected chi connectivity index (χ0v) is 10.5. The van der Waals surface area contributed by atoms with E-state index < -0.39 is 4.92 Å². The predicted molar refractivity (Wildman–Crippen MR) is 69.7 cm³/mol. The smallest absolute Gasteiger partial charge is 0.270 e. The van der Waals surface area contributed by atoms with E-state index in [2.05, 4.69) is 15.9 Å². The van der Waals surface area contributed by atoms with Gasteiger partial charge < -0.3 is 5.73 Å². The summed E-state index contributed by atoms with van der Waals surface area (Å²) in [6.45, 7) is 1.77. The first-order chi connectivity index (χ1) is 7.56. The Morgan fingerprint density at radius 1 is 1.56 bits per heavy atom. The number of halogens is 1. The van der Waals surface area contributed by atoms with Gasteiger partial charge in [0.05, 0.1) is 4.92 Å². The summed E-state index contributed by atoms with van der Waals surface area (Å²) in [4.78, 5) is 10.3. The number of allylic oxidation sites excluding steroid dienone is 1. The minimum Gasteiger partial charge on any atom is -0.398 e. The lowest BCUT2D eigenvalue weighted by molar-refractivity contribution is -0.384. The van der Waals surface area contributed by atoms with E-state index in [4.69, 9.17) is 5.73 Å². The molecule has 0 fully saturated rings. The molecule has 0 saturated heterocycles. The topological polar surface area (TPSA) is 69.2 Å². The Balaban J connectivity index is 3.11. The molecular formula is C11H13BrN2O2. The van der Waals surface area contributed by atoms with E-state index in [1.807, 2.05) is 12.2 Å². The van der Waals surface area contributed by atoms with E-state index >= 15 is 0 Å². The average molecular weight is 285 g/mol. The highest BCUT2D eigenvalue weighted by Gasteiger charge is 2.10. The van der Waals surface area contributed by atoms with Crippen molar-refractivity contribution in [1.29, 1.82) is 0 Å². The van der Waals surface area contributed by atoms with Crippen LogP contribution < -0.4 is 5.73 Å². The molecule has 0 aromatic heterocycles. The fourth-order valence-corrected chi connectivity index (χ4v) is 1.59. The van der Waals surface area contributed by atoms with Crippen molar-refractivity contribution in [2.24, 2.45) is 0 Å². The minimum atomic E-state index is -0.408. The number of hydrogen-bond acceptors (Lipinski definition) is 3. The van der Waals surface area contributed by atoms with Gasteiger partial charge in [-0.1, -0.05) is 28.1 Å². The van der Waals surface area contributed by atoms with Crippen LogP contribution in [0.1, 0.15) is 17.5 Å². The molecule has 0 aliphatic heterocycles. The number of nitrogens with two attached hydrogens (primary N) is 1.